The summed E-state index contributed by atoms with van der Waals surface area (Å²) in [6, 6.07) is 24.4. The van der Waals surface area contributed by atoms with Gasteiger partial charge in [0.15, 0.2) is 5.58 Å². The third-order valence-corrected chi connectivity index (χ3v) is 7.52. The van der Waals surface area contributed by atoms with E-state index in [1.54, 1.807) is 12.1 Å². The number of urea groups is 1. The van der Waals surface area contributed by atoms with Gasteiger partial charge in [0, 0.05) is 16.9 Å². The van der Waals surface area contributed by atoms with Crippen LogP contribution in [0.2, 0.25) is 0 Å². The number of carbonyl (C=O) groups is 1. The highest BCUT2D eigenvalue weighted by molar-refractivity contribution is 6.02. The van der Waals surface area contributed by atoms with E-state index in [-0.39, 0.29) is 28.7 Å². The maximum atomic E-state index is 12.9. The second-order valence-electron chi connectivity index (χ2n) is 12.0. The van der Waals surface area contributed by atoms with Crippen molar-refractivity contribution in [2.75, 3.05) is 17.7 Å². The second-order valence-corrected chi connectivity index (χ2v) is 12.0. The van der Waals surface area contributed by atoms with Gasteiger partial charge in [0.05, 0.1) is 12.7 Å². The minimum absolute atomic E-state index is 0.00458. The van der Waals surface area contributed by atoms with Gasteiger partial charge in [0.25, 0.3) is 0 Å². The van der Waals surface area contributed by atoms with Gasteiger partial charge in [-0.25, -0.2) is 9.59 Å². The fraction of sp³-hybridized carbons (Fsp3) is 0.179. The molecule has 0 spiro atoms. The molecule has 246 valence electrons. The topological polar surface area (TPSA) is 130 Å². The van der Waals surface area contributed by atoms with E-state index in [4.69, 9.17) is 13.9 Å². The van der Waals surface area contributed by atoms with Crippen molar-refractivity contribution in [1.82, 2.24) is 0 Å². The van der Waals surface area contributed by atoms with Gasteiger partial charge in [-0.3, -0.25) is 0 Å². The molecule has 2 amide bonds. The summed E-state index contributed by atoms with van der Waals surface area (Å²) in [5, 5.41) is 26.7. The van der Waals surface area contributed by atoms with Crippen LogP contribution in [0.5, 0.6) is 23.0 Å². The second kappa shape index (κ2) is 14.2. The van der Waals surface area contributed by atoms with Crippen LogP contribution < -0.4 is 25.7 Å². The number of rotatable bonds is 6. The maximum Gasteiger partial charge on any atom is 0.348 e. The number of nitrogens with one attached hydrogen (secondary N) is 2. The molecule has 6 rings (SSSR count). The van der Waals surface area contributed by atoms with Crippen molar-refractivity contribution >= 4 is 34.5 Å². The molecular weight excluding hydrogens is 608 g/mol. The van der Waals surface area contributed by atoms with E-state index in [1.807, 2.05) is 101 Å². The van der Waals surface area contributed by atoms with Crippen molar-refractivity contribution in [1.29, 1.82) is 0 Å². The van der Waals surface area contributed by atoms with Gasteiger partial charge in [0.2, 0.25) is 0 Å². The van der Waals surface area contributed by atoms with Crippen molar-refractivity contribution in [2.24, 2.45) is 0 Å². The summed E-state index contributed by atoms with van der Waals surface area (Å²) < 4.78 is 17.8. The third-order valence-electron chi connectivity index (χ3n) is 7.52. The van der Waals surface area contributed by atoms with Crippen molar-refractivity contribution in [3.63, 3.8) is 0 Å². The van der Waals surface area contributed by atoms with Crippen LogP contribution in [0.1, 0.15) is 38.8 Å². The number of ether oxygens (including phenoxy) is 2. The first kappa shape index (κ1) is 33.4. The Morgan fingerprint density at radius 2 is 1.48 bits per heavy atom. The van der Waals surface area contributed by atoms with Crippen LogP contribution in [0, 0.1) is 0 Å². The zero-order chi connectivity index (χ0) is 34.4. The Morgan fingerprint density at radius 3 is 2.02 bits per heavy atom. The predicted molar refractivity (Wildman–Crippen MR) is 190 cm³/mol. The Hall–Kier alpha value is -5.96. The molecule has 0 bridgehead atoms. The Balaban J connectivity index is 0.000000236. The Labute approximate surface area is 278 Å². The number of phenolic OH excluding ortho intramolecular Hbond substituents is 1. The molecular formula is C39H38N2O7. The highest BCUT2D eigenvalue weighted by Crippen LogP contribution is 2.49. The number of hydrogen-bond acceptors (Lipinski definition) is 7. The quantitative estimate of drug-likeness (QED) is 0.107. The lowest BCUT2D eigenvalue weighted by molar-refractivity contribution is 0.157. The van der Waals surface area contributed by atoms with Crippen LogP contribution in [0.3, 0.4) is 0 Å². The van der Waals surface area contributed by atoms with Crippen LogP contribution in [-0.4, -0.2) is 29.0 Å². The monoisotopic (exact) mass is 646 g/mol. The van der Waals surface area contributed by atoms with Crippen molar-refractivity contribution in [2.45, 2.75) is 39.7 Å². The number of allylic oxidation sites excluding steroid dienone is 2. The van der Waals surface area contributed by atoms with Crippen LogP contribution in [0.4, 0.5) is 16.2 Å². The normalized spacial score (nSPS) is 12.5. The molecule has 9 heteroatoms. The maximum absolute atomic E-state index is 12.9. The van der Waals surface area contributed by atoms with Gasteiger partial charge in [-0.2, -0.15) is 0 Å². The van der Waals surface area contributed by atoms with E-state index in [0.717, 1.165) is 22.5 Å². The van der Waals surface area contributed by atoms with Crippen LogP contribution in [0.25, 0.3) is 28.2 Å². The first-order valence-electron chi connectivity index (χ1n) is 15.4. The molecule has 0 unspecified atom stereocenters. The molecule has 1 aliphatic rings. The average molecular weight is 647 g/mol. The van der Waals surface area contributed by atoms with Crippen LogP contribution >= 0.6 is 0 Å². The predicted octanol–water partition coefficient (Wildman–Crippen LogP) is 8.90. The van der Waals surface area contributed by atoms with Gasteiger partial charge < -0.3 is 34.7 Å². The van der Waals surface area contributed by atoms with Crippen molar-refractivity contribution in [3.8, 4) is 34.1 Å². The molecule has 4 N–H and O–H groups in total. The number of anilines is 2. The average Bonchev–Trinajstić information content (AvgIpc) is 3.05. The highest BCUT2D eigenvalue weighted by atomic mass is 16.5. The first-order valence-corrected chi connectivity index (χ1v) is 15.4. The smallest absolute Gasteiger partial charge is 0.348 e. The summed E-state index contributed by atoms with van der Waals surface area (Å²) in [6.07, 6.45) is 6.31. The number of phenols is 1. The molecule has 5 aromatic rings. The third kappa shape index (κ3) is 7.53. The van der Waals surface area contributed by atoms with E-state index in [9.17, 15) is 19.8 Å². The molecule has 0 fully saturated rings. The summed E-state index contributed by atoms with van der Waals surface area (Å²) in [4.78, 5) is 24.5. The Morgan fingerprint density at radius 1 is 0.896 bits per heavy atom. The number of methoxy groups -OCH3 is 1. The molecule has 1 aliphatic heterocycles. The summed E-state index contributed by atoms with van der Waals surface area (Å²) >= 11 is 0. The number of fused-ring (bicyclic) bond motifs is 3. The fourth-order valence-corrected chi connectivity index (χ4v) is 5.23. The van der Waals surface area contributed by atoms with Crippen molar-refractivity contribution < 1.29 is 28.9 Å². The molecule has 48 heavy (non-hydrogen) atoms. The number of carbonyl (C=O) groups excluding carboxylic acids is 1. The van der Waals surface area contributed by atoms with Gasteiger partial charge in [-0.15, -0.1) is 0 Å². The van der Waals surface area contributed by atoms with Gasteiger partial charge in [0.1, 0.15) is 39.5 Å². The zero-order valence-corrected chi connectivity index (χ0v) is 27.5. The lowest BCUT2D eigenvalue weighted by atomic mass is 9.93. The summed E-state index contributed by atoms with van der Waals surface area (Å²) in [5.74, 6) is 0.778. The minimum atomic E-state index is -0.694. The standard InChI is InChI=1S/C26H26O6.C13H12N2O/c1-14(2)6-11-17-22-18(12-13-26(3,4)32-22)24-20(23(17)30-5)21(28)19(25(29)31-24)15-7-9-16(27)10-8-15;16-13(14-11-7-3-1-4-8-11)15-12-9-5-2-6-10-12/h6-10,12-13,27-28H,11H2,1-5H3;1-10H,(H2,14,15,16). The lowest BCUT2D eigenvalue weighted by Crippen LogP contribution is -2.28. The molecule has 1 aromatic heterocycles. The minimum Gasteiger partial charge on any atom is -0.508 e. The van der Waals surface area contributed by atoms with E-state index in [2.05, 4.69) is 16.7 Å². The molecule has 9 nitrogen and oxygen atoms in total. The van der Waals surface area contributed by atoms with E-state index >= 15 is 0 Å². The summed E-state index contributed by atoms with van der Waals surface area (Å²) in [6.45, 7) is 7.89. The molecule has 4 aromatic carbocycles. The molecule has 0 saturated carbocycles. The number of benzene rings is 4. The van der Waals surface area contributed by atoms with E-state index in [0.29, 0.717) is 34.4 Å². The largest absolute Gasteiger partial charge is 0.508 e. The van der Waals surface area contributed by atoms with Gasteiger partial charge >= 0.3 is 11.7 Å². The van der Waals surface area contributed by atoms with E-state index < -0.39 is 11.2 Å². The number of para-hydroxylation sites is 2. The molecule has 0 saturated heterocycles. The Kier molecular flexibility index (Phi) is 9.89. The van der Waals surface area contributed by atoms with E-state index in [1.165, 1.54) is 19.2 Å². The van der Waals surface area contributed by atoms with Crippen molar-refractivity contribution in [3.05, 3.63) is 124 Å². The zero-order valence-electron chi connectivity index (χ0n) is 27.5. The van der Waals surface area contributed by atoms with Gasteiger partial charge in [-0.1, -0.05) is 60.2 Å². The molecule has 0 atom stereocenters. The summed E-state index contributed by atoms with van der Waals surface area (Å²) in [7, 11) is 1.52. The van der Waals surface area contributed by atoms with Crippen LogP contribution in [0.15, 0.2) is 112 Å². The summed E-state index contributed by atoms with van der Waals surface area (Å²) in [5.41, 5.74) is 3.40. The van der Waals surface area contributed by atoms with Gasteiger partial charge in [-0.05, 0) is 88.2 Å². The first-order chi connectivity index (χ1) is 23.0. The number of hydrogen-bond donors (Lipinski definition) is 4. The molecule has 0 aliphatic carbocycles. The molecule has 0 radical (unpaired) electrons. The molecule has 2 heterocycles. The number of amides is 2. The van der Waals surface area contributed by atoms with Crippen LogP contribution in [-0.2, 0) is 6.42 Å². The Bertz CT molecular complexity index is 2000. The highest BCUT2D eigenvalue weighted by Gasteiger charge is 2.32. The number of aromatic hydroxyl groups is 2. The fourth-order valence-electron chi connectivity index (χ4n) is 5.23. The SMILES string of the molecule is COc1c(CC=C(C)C)c2c(c3oc(=O)c(-c4ccc(O)cc4)c(O)c13)C=CC(C)(C)O2.O=C(Nc1ccccc1)Nc1ccccc1. The lowest BCUT2D eigenvalue weighted by Gasteiger charge is -2.31.